The number of hydrogen-bond acceptors (Lipinski definition) is 4. The van der Waals surface area contributed by atoms with E-state index < -0.39 is 6.10 Å². The molecule has 3 rings (SSSR count). The van der Waals surface area contributed by atoms with Gasteiger partial charge in [0.05, 0.1) is 17.4 Å². The van der Waals surface area contributed by atoms with Crippen LogP contribution in [-0.2, 0) is 14.3 Å². The van der Waals surface area contributed by atoms with Gasteiger partial charge in [-0.1, -0.05) is 12.1 Å². The molecule has 0 radical (unpaired) electrons. The van der Waals surface area contributed by atoms with Gasteiger partial charge in [-0.05, 0) is 39.8 Å². The third-order valence-corrected chi connectivity index (χ3v) is 4.29. The molecule has 24 heavy (non-hydrogen) atoms. The van der Waals surface area contributed by atoms with Gasteiger partial charge in [0.1, 0.15) is 12.3 Å². The smallest absolute Gasteiger partial charge is 0.268 e. The van der Waals surface area contributed by atoms with E-state index in [0.717, 1.165) is 0 Å². The van der Waals surface area contributed by atoms with Crippen LogP contribution in [0.5, 0.6) is 5.75 Å². The quantitative estimate of drug-likeness (QED) is 0.829. The molecule has 1 aromatic carbocycles. The molecule has 0 bridgehead atoms. The van der Waals surface area contributed by atoms with Crippen molar-refractivity contribution in [1.82, 2.24) is 4.90 Å². The number of amides is 2. The Kier molecular flexibility index (Phi) is 4.25. The fraction of sp³-hybridized carbons (Fsp3) is 0.556. The van der Waals surface area contributed by atoms with E-state index in [9.17, 15) is 9.59 Å². The van der Waals surface area contributed by atoms with Gasteiger partial charge in [-0.25, -0.2) is 0 Å². The van der Waals surface area contributed by atoms with E-state index in [1.165, 1.54) is 4.90 Å². The van der Waals surface area contributed by atoms with Crippen molar-refractivity contribution >= 4 is 17.5 Å². The molecule has 2 heterocycles. The van der Waals surface area contributed by atoms with Crippen molar-refractivity contribution in [3.63, 3.8) is 0 Å². The number of hydrogen-bond donors (Lipinski definition) is 0. The summed E-state index contributed by atoms with van der Waals surface area (Å²) in [4.78, 5) is 28.6. The van der Waals surface area contributed by atoms with E-state index in [0.29, 0.717) is 24.5 Å². The van der Waals surface area contributed by atoms with Gasteiger partial charge in [0.2, 0.25) is 5.91 Å². The van der Waals surface area contributed by atoms with Crippen LogP contribution in [0.15, 0.2) is 24.3 Å². The molecule has 1 fully saturated rings. The van der Waals surface area contributed by atoms with Crippen LogP contribution in [0.25, 0.3) is 0 Å². The second kappa shape index (κ2) is 6.09. The van der Waals surface area contributed by atoms with E-state index in [1.54, 1.807) is 17.9 Å². The van der Waals surface area contributed by atoms with Crippen LogP contribution < -0.4 is 9.64 Å². The first-order valence-corrected chi connectivity index (χ1v) is 8.29. The molecule has 1 saturated heterocycles. The van der Waals surface area contributed by atoms with E-state index in [2.05, 4.69) is 0 Å². The highest BCUT2D eigenvalue weighted by molar-refractivity contribution is 6.03. The standard InChI is InChI=1S/C18H24N2O4/c1-12-9-19(11-18(3,4)24-12)16(21)10-20-14-7-5-6-8-15(14)23-13(2)17(20)22/h5-8,12-13H,9-11H2,1-4H3. The molecule has 2 amide bonds. The molecule has 0 saturated carbocycles. The molecule has 0 N–H and O–H groups in total. The molecule has 0 spiro atoms. The monoisotopic (exact) mass is 332 g/mol. The van der Waals surface area contributed by atoms with Crippen LogP contribution in [0.3, 0.4) is 0 Å². The summed E-state index contributed by atoms with van der Waals surface area (Å²) in [6.45, 7) is 8.69. The lowest BCUT2D eigenvalue weighted by Crippen LogP contribution is -2.57. The maximum atomic E-state index is 12.8. The zero-order valence-corrected chi connectivity index (χ0v) is 14.6. The summed E-state index contributed by atoms with van der Waals surface area (Å²) in [5.74, 6) is 0.367. The number of fused-ring (bicyclic) bond motifs is 1. The minimum atomic E-state index is -0.590. The van der Waals surface area contributed by atoms with Crippen LogP contribution >= 0.6 is 0 Å². The van der Waals surface area contributed by atoms with E-state index >= 15 is 0 Å². The number of carbonyl (C=O) groups is 2. The van der Waals surface area contributed by atoms with Crippen molar-refractivity contribution in [3.8, 4) is 5.75 Å². The normalized spacial score (nSPS) is 25.9. The molecule has 2 unspecified atom stereocenters. The van der Waals surface area contributed by atoms with Gasteiger partial charge in [0, 0.05) is 13.1 Å². The first-order valence-electron chi connectivity index (χ1n) is 8.29. The van der Waals surface area contributed by atoms with Crippen LogP contribution in [0.1, 0.15) is 27.7 Å². The third-order valence-electron chi connectivity index (χ3n) is 4.29. The first kappa shape index (κ1) is 16.8. The zero-order valence-electron chi connectivity index (χ0n) is 14.6. The molecule has 2 aliphatic rings. The molecule has 0 aliphatic carbocycles. The molecule has 2 atom stereocenters. The number of ether oxygens (including phenoxy) is 2. The van der Waals surface area contributed by atoms with E-state index in [1.807, 2.05) is 39.0 Å². The Morgan fingerprint density at radius 2 is 2.00 bits per heavy atom. The van der Waals surface area contributed by atoms with Crippen molar-refractivity contribution in [2.75, 3.05) is 24.5 Å². The maximum Gasteiger partial charge on any atom is 0.268 e. The van der Waals surface area contributed by atoms with E-state index in [-0.39, 0.29) is 30.1 Å². The average Bonchev–Trinajstić information content (AvgIpc) is 2.49. The molecule has 1 aromatic rings. The van der Waals surface area contributed by atoms with Gasteiger partial charge in [-0.2, -0.15) is 0 Å². The van der Waals surface area contributed by atoms with Crippen LogP contribution in [0.4, 0.5) is 5.69 Å². The summed E-state index contributed by atoms with van der Waals surface area (Å²) in [6.07, 6.45) is -0.614. The molecular weight excluding hydrogens is 308 g/mol. The zero-order chi connectivity index (χ0) is 17.5. The number of rotatable bonds is 2. The molecule has 6 heteroatoms. The molecular formula is C18H24N2O4. The maximum absolute atomic E-state index is 12.8. The SMILES string of the molecule is CC1CN(C(=O)CN2C(=O)C(C)Oc3ccccc32)CC(C)(C)O1. The van der Waals surface area contributed by atoms with Crippen LogP contribution in [0.2, 0.25) is 0 Å². The summed E-state index contributed by atoms with van der Waals surface area (Å²) < 4.78 is 11.5. The number of nitrogens with zero attached hydrogens (tertiary/aromatic N) is 2. The summed E-state index contributed by atoms with van der Waals surface area (Å²) in [5, 5.41) is 0. The Morgan fingerprint density at radius 3 is 2.71 bits per heavy atom. The predicted octanol–water partition coefficient (Wildman–Crippen LogP) is 1.83. The fourth-order valence-corrected chi connectivity index (χ4v) is 3.40. The van der Waals surface area contributed by atoms with Gasteiger partial charge in [0.25, 0.3) is 5.91 Å². The van der Waals surface area contributed by atoms with Gasteiger partial charge < -0.3 is 14.4 Å². The topological polar surface area (TPSA) is 59.1 Å². The average molecular weight is 332 g/mol. The van der Waals surface area contributed by atoms with E-state index in [4.69, 9.17) is 9.47 Å². The number of morpholine rings is 1. The fourth-order valence-electron chi connectivity index (χ4n) is 3.40. The molecule has 6 nitrogen and oxygen atoms in total. The number of para-hydroxylation sites is 2. The summed E-state index contributed by atoms with van der Waals surface area (Å²) >= 11 is 0. The third kappa shape index (κ3) is 3.24. The second-order valence-corrected chi connectivity index (χ2v) is 7.11. The van der Waals surface area contributed by atoms with Crippen LogP contribution in [-0.4, -0.2) is 54.2 Å². The predicted molar refractivity (Wildman–Crippen MR) is 90.1 cm³/mol. The minimum Gasteiger partial charge on any atom is -0.479 e. The largest absolute Gasteiger partial charge is 0.479 e. The second-order valence-electron chi connectivity index (χ2n) is 7.11. The molecule has 130 valence electrons. The summed E-state index contributed by atoms with van der Waals surface area (Å²) in [7, 11) is 0. The van der Waals surface area contributed by atoms with Gasteiger partial charge in [-0.15, -0.1) is 0 Å². The first-order chi connectivity index (χ1) is 11.3. The Labute approximate surface area is 142 Å². The Bertz CT molecular complexity index is 658. The Morgan fingerprint density at radius 1 is 1.29 bits per heavy atom. The molecule has 2 aliphatic heterocycles. The highest BCUT2D eigenvalue weighted by Crippen LogP contribution is 2.33. The lowest BCUT2D eigenvalue weighted by Gasteiger charge is -2.42. The molecule has 0 aromatic heterocycles. The minimum absolute atomic E-state index is 0.0202. The number of anilines is 1. The van der Waals surface area contributed by atoms with Gasteiger partial charge in [0.15, 0.2) is 6.10 Å². The van der Waals surface area contributed by atoms with Gasteiger partial charge in [-0.3, -0.25) is 14.5 Å². The van der Waals surface area contributed by atoms with Gasteiger partial charge >= 0.3 is 0 Å². The summed E-state index contributed by atoms with van der Waals surface area (Å²) in [5.41, 5.74) is 0.266. The summed E-state index contributed by atoms with van der Waals surface area (Å²) in [6, 6.07) is 7.31. The van der Waals surface area contributed by atoms with Crippen molar-refractivity contribution in [3.05, 3.63) is 24.3 Å². The van der Waals surface area contributed by atoms with Crippen molar-refractivity contribution in [2.24, 2.45) is 0 Å². The lowest BCUT2D eigenvalue weighted by atomic mass is 10.1. The Hall–Kier alpha value is -2.08. The van der Waals surface area contributed by atoms with Crippen molar-refractivity contribution < 1.29 is 19.1 Å². The van der Waals surface area contributed by atoms with Crippen molar-refractivity contribution in [2.45, 2.75) is 45.5 Å². The number of benzene rings is 1. The highest BCUT2D eigenvalue weighted by atomic mass is 16.5. The van der Waals surface area contributed by atoms with Crippen molar-refractivity contribution in [1.29, 1.82) is 0 Å². The lowest BCUT2D eigenvalue weighted by molar-refractivity contribution is -0.157. The van der Waals surface area contributed by atoms with Crippen LogP contribution in [0, 0.1) is 0 Å². The number of carbonyl (C=O) groups excluding carboxylic acids is 2. The highest BCUT2D eigenvalue weighted by Gasteiger charge is 2.37. The Balaban J connectivity index is 1.80.